The van der Waals surface area contributed by atoms with Gasteiger partial charge in [-0.05, 0) is 62.9 Å². The number of hydroxylamine groups is 2. The summed E-state index contributed by atoms with van der Waals surface area (Å²) in [6.45, 7) is 5.32. The van der Waals surface area contributed by atoms with Crippen molar-refractivity contribution in [2.24, 2.45) is 5.92 Å². The molecule has 2 atom stereocenters. The van der Waals surface area contributed by atoms with E-state index in [1.165, 1.54) is 24.3 Å². The first-order chi connectivity index (χ1) is 20.7. The molecule has 2 aromatic carbocycles. The van der Waals surface area contributed by atoms with Gasteiger partial charge in [-0.3, -0.25) is 19.6 Å². The van der Waals surface area contributed by atoms with Crippen molar-refractivity contribution < 1.29 is 43.4 Å². The lowest BCUT2D eigenvalue weighted by Gasteiger charge is -2.29. The summed E-state index contributed by atoms with van der Waals surface area (Å²) in [7, 11) is 0. The van der Waals surface area contributed by atoms with Gasteiger partial charge in [0, 0.05) is 0 Å². The van der Waals surface area contributed by atoms with Crippen molar-refractivity contribution in [1.29, 1.82) is 0 Å². The molecule has 1 aromatic heterocycles. The van der Waals surface area contributed by atoms with E-state index in [0.29, 0.717) is 36.7 Å². The van der Waals surface area contributed by atoms with Crippen LogP contribution in [0.4, 0.5) is 0 Å². The van der Waals surface area contributed by atoms with Crippen LogP contribution in [-0.2, 0) is 20.7 Å². The van der Waals surface area contributed by atoms with Crippen LogP contribution in [0.15, 0.2) is 59.0 Å². The second kappa shape index (κ2) is 16.0. The molecule has 0 spiro atoms. The predicted molar refractivity (Wildman–Crippen MR) is 155 cm³/mol. The molecule has 1 heterocycles. The van der Waals surface area contributed by atoms with Gasteiger partial charge in [-0.1, -0.05) is 37.3 Å². The molecule has 0 unspecified atom stereocenters. The number of rotatable bonds is 16. The summed E-state index contributed by atoms with van der Waals surface area (Å²) in [6.07, 6.45) is 1.50. The maximum atomic E-state index is 13.1. The van der Waals surface area contributed by atoms with Crippen LogP contribution in [0.1, 0.15) is 60.1 Å². The molecule has 0 aliphatic rings. The molecule has 43 heavy (non-hydrogen) atoms. The lowest BCUT2D eigenvalue weighted by atomic mass is 9.90. The Kier molecular flexibility index (Phi) is 12.1. The third-order valence-electron chi connectivity index (χ3n) is 6.75. The number of phenols is 1. The van der Waals surface area contributed by atoms with Crippen molar-refractivity contribution in [3.05, 3.63) is 71.5 Å². The molecule has 0 aliphatic carbocycles. The number of aryl methyl sites for hydroxylation is 1. The number of phenolic OH excluding ortho intramolecular Hbond substituents is 1. The van der Waals surface area contributed by atoms with E-state index in [4.69, 9.17) is 13.9 Å². The first-order valence-electron chi connectivity index (χ1n) is 14.0. The van der Waals surface area contributed by atoms with E-state index in [1.807, 2.05) is 30.3 Å². The van der Waals surface area contributed by atoms with Crippen molar-refractivity contribution in [2.75, 3.05) is 19.9 Å². The fourth-order valence-corrected chi connectivity index (χ4v) is 4.64. The highest BCUT2D eigenvalue weighted by Crippen LogP contribution is 2.37. The van der Waals surface area contributed by atoms with Crippen molar-refractivity contribution >= 4 is 24.2 Å². The SMILES string of the molecule is CCOC(=O)c1cc(OCC)cc(-c2ccc(C(=O)NCNC(=O)[C@H](CCc3ccccc3)[C@@H](CC)N(O)C=O)o2)c1O. The van der Waals surface area contributed by atoms with Crippen molar-refractivity contribution in [3.8, 4) is 22.8 Å². The zero-order chi connectivity index (χ0) is 31.4. The highest BCUT2D eigenvalue weighted by atomic mass is 16.5. The van der Waals surface area contributed by atoms with Crippen LogP contribution in [-0.4, -0.2) is 65.5 Å². The van der Waals surface area contributed by atoms with Crippen molar-refractivity contribution in [1.82, 2.24) is 15.7 Å². The molecule has 12 heteroatoms. The number of nitrogens with zero attached hydrogens (tertiary/aromatic N) is 1. The Hall–Kier alpha value is -4.84. The molecule has 0 saturated carbocycles. The Balaban J connectivity index is 1.70. The van der Waals surface area contributed by atoms with Gasteiger partial charge in [0.25, 0.3) is 5.91 Å². The normalized spacial score (nSPS) is 12.1. The number of carbonyl (C=O) groups excluding carboxylic acids is 4. The number of aromatic hydroxyl groups is 1. The lowest BCUT2D eigenvalue weighted by molar-refractivity contribution is -0.168. The molecule has 0 fully saturated rings. The largest absolute Gasteiger partial charge is 0.506 e. The average Bonchev–Trinajstić information content (AvgIpc) is 3.50. The third kappa shape index (κ3) is 8.58. The fraction of sp³-hybridized carbons (Fsp3) is 0.355. The monoisotopic (exact) mass is 595 g/mol. The number of benzene rings is 2. The number of ether oxygens (including phenoxy) is 2. The molecule has 12 nitrogen and oxygen atoms in total. The first kappa shape index (κ1) is 32.7. The maximum Gasteiger partial charge on any atom is 0.342 e. The van der Waals surface area contributed by atoms with E-state index in [2.05, 4.69) is 10.6 Å². The van der Waals surface area contributed by atoms with Gasteiger partial charge >= 0.3 is 5.97 Å². The van der Waals surface area contributed by atoms with E-state index in [0.717, 1.165) is 5.56 Å². The molecule has 230 valence electrons. The van der Waals surface area contributed by atoms with Gasteiger partial charge in [-0.25, -0.2) is 9.86 Å². The summed E-state index contributed by atoms with van der Waals surface area (Å²) in [4.78, 5) is 49.6. The van der Waals surface area contributed by atoms with Crippen LogP contribution < -0.4 is 15.4 Å². The van der Waals surface area contributed by atoms with Gasteiger partial charge in [-0.2, -0.15) is 0 Å². The smallest absolute Gasteiger partial charge is 0.342 e. The van der Waals surface area contributed by atoms with Crippen molar-refractivity contribution in [2.45, 2.75) is 46.1 Å². The van der Waals surface area contributed by atoms with Crippen molar-refractivity contribution in [3.63, 3.8) is 0 Å². The highest BCUT2D eigenvalue weighted by molar-refractivity contribution is 5.96. The van der Waals surface area contributed by atoms with Gasteiger partial charge in [0.15, 0.2) is 5.76 Å². The van der Waals surface area contributed by atoms with Crippen LogP contribution in [0.5, 0.6) is 11.5 Å². The summed E-state index contributed by atoms with van der Waals surface area (Å²) in [5.41, 5.74) is 1.01. The zero-order valence-corrected chi connectivity index (χ0v) is 24.4. The molecule has 3 aromatic rings. The minimum absolute atomic E-state index is 0.0995. The molecule has 0 radical (unpaired) electrons. The zero-order valence-electron chi connectivity index (χ0n) is 24.4. The van der Waals surface area contributed by atoms with Crippen LogP contribution in [0, 0.1) is 5.92 Å². The van der Waals surface area contributed by atoms with E-state index >= 15 is 0 Å². The lowest BCUT2D eigenvalue weighted by Crippen LogP contribution is -2.47. The Morgan fingerprint density at radius 3 is 2.42 bits per heavy atom. The maximum absolute atomic E-state index is 13.1. The van der Waals surface area contributed by atoms with Crippen LogP contribution in [0.25, 0.3) is 11.3 Å². The van der Waals surface area contributed by atoms with E-state index in [-0.39, 0.29) is 42.3 Å². The van der Waals surface area contributed by atoms with E-state index < -0.39 is 35.5 Å². The summed E-state index contributed by atoms with van der Waals surface area (Å²) in [6, 6.07) is 14.4. The molecule has 0 saturated heterocycles. The number of nitrogens with one attached hydrogen (secondary N) is 2. The van der Waals surface area contributed by atoms with Crippen LogP contribution >= 0.6 is 0 Å². The number of hydrogen-bond acceptors (Lipinski definition) is 9. The van der Waals surface area contributed by atoms with Crippen LogP contribution in [0.2, 0.25) is 0 Å². The molecule has 3 amide bonds. The topological polar surface area (TPSA) is 168 Å². The first-order valence-corrected chi connectivity index (χ1v) is 14.0. The van der Waals surface area contributed by atoms with Gasteiger partial charge in [0.05, 0.1) is 37.4 Å². The number of hydrogen-bond donors (Lipinski definition) is 4. The van der Waals surface area contributed by atoms with Gasteiger partial charge in [0.1, 0.15) is 22.8 Å². The third-order valence-corrected chi connectivity index (χ3v) is 6.75. The quantitative estimate of drug-likeness (QED) is 0.0631. The van der Waals surface area contributed by atoms with E-state index in [9.17, 15) is 29.5 Å². The Morgan fingerprint density at radius 2 is 1.77 bits per heavy atom. The fourth-order valence-electron chi connectivity index (χ4n) is 4.64. The molecular weight excluding hydrogens is 558 g/mol. The molecule has 3 rings (SSSR count). The second-order valence-electron chi connectivity index (χ2n) is 9.50. The number of carbonyl (C=O) groups is 4. The summed E-state index contributed by atoms with van der Waals surface area (Å²) < 4.78 is 16.2. The Bertz CT molecular complexity index is 1390. The number of furan rings is 1. The molecule has 0 aliphatic heterocycles. The van der Waals surface area contributed by atoms with Crippen LogP contribution in [0.3, 0.4) is 0 Å². The summed E-state index contributed by atoms with van der Waals surface area (Å²) in [5.74, 6) is -2.70. The minimum Gasteiger partial charge on any atom is -0.506 e. The standard InChI is InChI=1S/C31H37N3O9/c1-4-25(34(40)19-35)22(13-12-20-10-8-7-9-11-20)29(37)32-18-33-30(38)27-15-14-26(43-27)23-16-21(41-5-2)17-24(28(23)36)31(39)42-6-3/h7-11,14-17,19,22,25,36,40H,4-6,12-13,18H2,1-3H3,(H,32,37)(H,33,38)/t22-,25-/m1/s1. The molecule has 4 N–H and O–H groups in total. The number of amides is 3. The van der Waals surface area contributed by atoms with Gasteiger partial charge in [0.2, 0.25) is 12.3 Å². The second-order valence-corrected chi connectivity index (χ2v) is 9.50. The predicted octanol–water partition coefficient (Wildman–Crippen LogP) is 3.91. The summed E-state index contributed by atoms with van der Waals surface area (Å²) >= 11 is 0. The minimum atomic E-state index is -0.760. The molecule has 0 bridgehead atoms. The Labute approximate surface area is 249 Å². The molecular formula is C31H37N3O9. The van der Waals surface area contributed by atoms with Gasteiger partial charge in [-0.15, -0.1) is 0 Å². The Morgan fingerprint density at radius 1 is 1.02 bits per heavy atom. The van der Waals surface area contributed by atoms with E-state index in [1.54, 1.807) is 20.8 Å². The van der Waals surface area contributed by atoms with Gasteiger partial charge < -0.3 is 29.6 Å². The number of esters is 1. The highest BCUT2D eigenvalue weighted by Gasteiger charge is 2.31. The summed E-state index contributed by atoms with van der Waals surface area (Å²) in [5, 5.41) is 26.5. The average molecular weight is 596 g/mol.